The molecular weight excluding hydrogens is 488 g/mol. The number of anilines is 3. The fourth-order valence-corrected chi connectivity index (χ4v) is 5.93. The quantitative estimate of drug-likeness (QED) is 0.235. The van der Waals surface area contributed by atoms with E-state index in [1.807, 2.05) is 18.5 Å². The third-order valence-corrected chi connectivity index (χ3v) is 7.70. The van der Waals surface area contributed by atoms with Crippen LogP contribution in [0.5, 0.6) is 0 Å². The van der Waals surface area contributed by atoms with E-state index >= 15 is 0 Å². The molecule has 0 amide bonds. The van der Waals surface area contributed by atoms with Gasteiger partial charge in [0.05, 0.1) is 5.69 Å². The molecule has 0 atom stereocenters. The predicted molar refractivity (Wildman–Crippen MR) is 167 cm³/mol. The summed E-state index contributed by atoms with van der Waals surface area (Å²) in [6.45, 7) is 0. The van der Waals surface area contributed by atoms with E-state index in [9.17, 15) is 0 Å². The fourth-order valence-electron chi connectivity index (χ4n) is 5.93. The number of hydrogen-bond acceptors (Lipinski definition) is 3. The van der Waals surface area contributed by atoms with Crippen molar-refractivity contribution in [2.45, 2.75) is 0 Å². The number of pyridine rings is 1. The van der Waals surface area contributed by atoms with Crippen molar-refractivity contribution in [3.05, 3.63) is 146 Å². The van der Waals surface area contributed by atoms with Gasteiger partial charge in [0.25, 0.3) is 0 Å². The van der Waals surface area contributed by atoms with Crippen LogP contribution in [0.15, 0.2) is 150 Å². The summed E-state index contributed by atoms with van der Waals surface area (Å²) in [4.78, 5) is 6.72. The van der Waals surface area contributed by atoms with Gasteiger partial charge >= 0.3 is 0 Å². The Bertz CT molecular complexity index is 2160. The highest BCUT2D eigenvalue weighted by molar-refractivity contribution is 6.25. The molecular formula is C37H24N2O. The maximum Gasteiger partial charge on any atom is 0.138 e. The lowest BCUT2D eigenvalue weighted by atomic mass is 9.96. The van der Waals surface area contributed by atoms with Gasteiger partial charge in [0, 0.05) is 51.6 Å². The molecule has 8 rings (SSSR count). The van der Waals surface area contributed by atoms with Crippen molar-refractivity contribution >= 4 is 60.5 Å². The van der Waals surface area contributed by atoms with Crippen molar-refractivity contribution in [3.8, 4) is 11.1 Å². The molecule has 0 fully saturated rings. The van der Waals surface area contributed by atoms with E-state index in [0.717, 1.165) is 60.9 Å². The minimum Gasteiger partial charge on any atom is -0.456 e. The van der Waals surface area contributed by atoms with Crippen molar-refractivity contribution < 1.29 is 4.42 Å². The highest BCUT2D eigenvalue weighted by Crippen LogP contribution is 2.46. The van der Waals surface area contributed by atoms with Gasteiger partial charge in [-0.1, -0.05) is 91.0 Å². The molecule has 188 valence electrons. The van der Waals surface area contributed by atoms with Crippen molar-refractivity contribution in [2.75, 3.05) is 4.90 Å². The molecule has 8 aromatic rings. The smallest absolute Gasteiger partial charge is 0.138 e. The molecule has 40 heavy (non-hydrogen) atoms. The first kappa shape index (κ1) is 22.6. The first-order valence-corrected chi connectivity index (χ1v) is 13.5. The second-order valence-electron chi connectivity index (χ2n) is 10.0. The number of benzene rings is 6. The summed E-state index contributed by atoms with van der Waals surface area (Å²) in [5.74, 6) is 0. The highest BCUT2D eigenvalue weighted by Gasteiger charge is 2.21. The standard InChI is InChI=1S/C37H24N2O/c1-2-13-28(14-3-1)39(29-20-19-25-10-4-5-11-26(25)22-29)33-23-35-37(32-16-7-6-15-31(32)33)36-30(17-8-18-34(36)40-35)27-12-9-21-38-24-27/h1-24H. The summed E-state index contributed by atoms with van der Waals surface area (Å²) >= 11 is 0. The van der Waals surface area contributed by atoms with Gasteiger partial charge < -0.3 is 9.32 Å². The Balaban J connectivity index is 1.46. The molecule has 2 heterocycles. The van der Waals surface area contributed by atoms with E-state index in [1.54, 1.807) is 0 Å². The predicted octanol–water partition coefficient (Wildman–Crippen LogP) is 10.4. The maximum absolute atomic E-state index is 6.61. The van der Waals surface area contributed by atoms with Gasteiger partial charge in [0.2, 0.25) is 0 Å². The Labute approximate surface area is 231 Å². The number of fused-ring (bicyclic) bond motifs is 6. The molecule has 2 aromatic heterocycles. The van der Waals surface area contributed by atoms with E-state index in [1.165, 1.54) is 10.8 Å². The van der Waals surface area contributed by atoms with Crippen molar-refractivity contribution in [2.24, 2.45) is 0 Å². The number of rotatable bonds is 4. The largest absolute Gasteiger partial charge is 0.456 e. The molecule has 0 aliphatic carbocycles. The monoisotopic (exact) mass is 512 g/mol. The third kappa shape index (κ3) is 3.56. The molecule has 3 nitrogen and oxygen atoms in total. The minimum atomic E-state index is 0.863. The zero-order chi connectivity index (χ0) is 26.5. The van der Waals surface area contributed by atoms with Crippen LogP contribution in [0.4, 0.5) is 17.1 Å². The van der Waals surface area contributed by atoms with Crippen LogP contribution in [0.25, 0.3) is 54.6 Å². The Kier molecular flexibility index (Phi) is 5.14. The normalized spacial score (nSPS) is 11.5. The van der Waals surface area contributed by atoms with Gasteiger partial charge in [-0.15, -0.1) is 0 Å². The molecule has 6 aromatic carbocycles. The molecule has 0 aliphatic heterocycles. The second-order valence-corrected chi connectivity index (χ2v) is 10.0. The SMILES string of the molecule is c1ccc(N(c2ccc3ccccc3c2)c2cc3oc4cccc(-c5cccnc5)c4c3c3ccccc23)cc1. The number of nitrogens with zero attached hydrogens (tertiary/aromatic N) is 2. The average Bonchev–Trinajstić information content (AvgIpc) is 3.41. The second kappa shape index (κ2) is 9.11. The first-order valence-electron chi connectivity index (χ1n) is 13.5. The Morgan fingerprint density at radius 1 is 0.525 bits per heavy atom. The lowest BCUT2D eigenvalue weighted by Crippen LogP contribution is -2.10. The van der Waals surface area contributed by atoms with Gasteiger partial charge in [-0.05, 0) is 58.1 Å². The lowest BCUT2D eigenvalue weighted by Gasteiger charge is -2.27. The Morgan fingerprint density at radius 3 is 2.17 bits per heavy atom. The van der Waals surface area contributed by atoms with E-state index in [0.29, 0.717) is 0 Å². The summed E-state index contributed by atoms with van der Waals surface area (Å²) < 4.78 is 6.61. The zero-order valence-corrected chi connectivity index (χ0v) is 21.7. The highest BCUT2D eigenvalue weighted by atomic mass is 16.3. The van der Waals surface area contributed by atoms with Gasteiger partial charge in [-0.25, -0.2) is 0 Å². The van der Waals surface area contributed by atoms with Crippen LogP contribution in [0.1, 0.15) is 0 Å². The molecule has 0 saturated heterocycles. The topological polar surface area (TPSA) is 29.3 Å². The molecule has 0 saturated carbocycles. The summed E-state index contributed by atoms with van der Waals surface area (Å²) in [5, 5.41) is 6.99. The Hall–Kier alpha value is -5.41. The molecule has 3 heteroatoms. The zero-order valence-electron chi connectivity index (χ0n) is 21.7. The minimum absolute atomic E-state index is 0.863. The number of furan rings is 1. The van der Waals surface area contributed by atoms with Crippen molar-refractivity contribution in [1.82, 2.24) is 4.98 Å². The average molecular weight is 513 g/mol. The maximum atomic E-state index is 6.61. The van der Waals surface area contributed by atoms with E-state index in [4.69, 9.17) is 4.42 Å². The van der Waals surface area contributed by atoms with Gasteiger partial charge in [-0.2, -0.15) is 0 Å². The van der Waals surface area contributed by atoms with Crippen LogP contribution in [-0.4, -0.2) is 4.98 Å². The van der Waals surface area contributed by atoms with Gasteiger partial charge in [0.15, 0.2) is 0 Å². The third-order valence-electron chi connectivity index (χ3n) is 7.70. The summed E-state index contributed by atoms with van der Waals surface area (Å²) in [5.41, 5.74) is 7.20. The van der Waals surface area contributed by atoms with Crippen LogP contribution in [0.3, 0.4) is 0 Å². The van der Waals surface area contributed by atoms with Crippen LogP contribution >= 0.6 is 0 Å². The number of aromatic nitrogens is 1. The first-order chi connectivity index (χ1) is 19.8. The van der Waals surface area contributed by atoms with Crippen LogP contribution in [0.2, 0.25) is 0 Å². The van der Waals surface area contributed by atoms with E-state index < -0.39 is 0 Å². The van der Waals surface area contributed by atoms with Crippen LogP contribution in [-0.2, 0) is 0 Å². The van der Waals surface area contributed by atoms with Crippen LogP contribution in [0, 0.1) is 0 Å². The molecule has 0 spiro atoms. The molecule has 0 unspecified atom stereocenters. The molecule has 0 radical (unpaired) electrons. The number of para-hydroxylation sites is 1. The molecule has 0 aliphatic rings. The van der Waals surface area contributed by atoms with E-state index in [2.05, 4.69) is 137 Å². The molecule has 0 bridgehead atoms. The van der Waals surface area contributed by atoms with Gasteiger partial charge in [-0.3, -0.25) is 4.98 Å². The van der Waals surface area contributed by atoms with Crippen molar-refractivity contribution in [1.29, 1.82) is 0 Å². The lowest BCUT2D eigenvalue weighted by molar-refractivity contribution is 0.669. The van der Waals surface area contributed by atoms with Crippen molar-refractivity contribution in [3.63, 3.8) is 0 Å². The van der Waals surface area contributed by atoms with E-state index in [-0.39, 0.29) is 0 Å². The summed E-state index contributed by atoms with van der Waals surface area (Å²) in [6, 6.07) is 46.9. The summed E-state index contributed by atoms with van der Waals surface area (Å²) in [6.07, 6.45) is 3.73. The van der Waals surface area contributed by atoms with Gasteiger partial charge in [0.1, 0.15) is 11.2 Å². The van der Waals surface area contributed by atoms with Crippen LogP contribution < -0.4 is 4.90 Å². The summed E-state index contributed by atoms with van der Waals surface area (Å²) in [7, 11) is 0. The Morgan fingerprint density at radius 2 is 1.32 bits per heavy atom. The number of hydrogen-bond donors (Lipinski definition) is 0. The molecule has 0 N–H and O–H groups in total. The fraction of sp³-hybridized carbons (Fsp3) is 0.